The van der Waals surface area contributed by atoms with E-state index < -0.39 is 0 Å². The van der Waals surface area contributed by atoms with Crippen LogP contribution < -0.4 is 10.6 Å². The van der Waals surface area contributed by atoms with E-state index in [1.54, 1.807) is 24.3 Å². The quantitative estimate of drug-likeness (QED) is 0.620. The number of aromatic nitrogens is 2. The minimum absolute atomic E-state index is 0.242. The molecular weight excluding hydrogens is 371 g/mol. The van der Waals surface area contributed by atoms with Crippen LogP contribution in [0.25, 0.3) is 0 Å². The van der Waals surface area contributed by atoms with Gasteiger partial charge in [0.2, 0.25) is 5.95 Å². The van der Waals surface area contributed by atoms with Crippen LogP contribution in [-0.2, 0) is 6.42 Å². The number of para-hydroxylation sites is 1. The van der Waals surface area contributed by atoms with Crippen LogP contribution in [-0.4, -0.2) is 15.9 Å². The van der Waals surface area contributed by atoms with Crippen molar-refractivity contribution in [2.75, 3.05) is 10.6 Å². The first-order chi connectivity index (χ1) is 12.6. The smallest absolute Gasteiger partial charge is 0.274 e. The van der Waals surface area contributed by atoms with Crippen LogP contribution in [0.2, 0.25) is 10.0 Å². The van der Waals surface area contributed by atoms with Crippen molar-refractivity contribution < 1.29 is 4.79 Å². The van der Waals surface area contributed by atoms with Gasteiger partial charge in [0.25, 0.3) is 5.91 Å². The van der Waals surface area contributed by atoms with Crippen molar-refractivity contribution in [2.45, 2.75) is 13.3 Å². The van der Waals surface area contributed by atoms with E-state index in [1.807, 2.05) is 31.2 Å². The molecule has 132 valence electrons. The van der Waals surface area contributed by atoms with Crippen LogP contribution in [0.4, 0.5) is 17.3 Å². The Labute approximate surface area is 161 Å². The van der Waals surface area contributed by atoms with E-state index >= 15 is 0 Å². The monoisotopic (exact) mass is 386 g/mol. The highest BCUT2D eigenvalue weighted by Crippen LogP contribution is 2.27. The predicted octanol–water partition coefficient (Wildman–Crippen LogP) is 5.34. The van der Waals surface area contributed by atoms with Gasteiger partial charge in [0.05, 0.1) is 10.7 Å². The van der Waals surface area contributed by atoms with Crippen molar-refractivity contribution in [1.29, 1.82) is 0 Å². The highest BCUT2D eigenvalue weighted by Gasteiger charge is 2.12. The molecule has 1 heterocycles. The number of anilines is 3. The Bertz CT molecular complexity index is 946. The minimum atomic E-state index is -0.312. The largest absolute Gasteiger partial charge is 0.323 e. The van der Waals surface area contributed by atoms with Gasteiger partial charge >= 0.3 is 0 Å². The van der Waals surface area contributed by atoms with Gasteiger partial charge in [-0.15, -0.1) is 0 Å². The Balaban J connectivity index is 1.80. The van der Waals surface area contributed by atoms with Gasteiger partial charge in [-0.2, -0.15) is 0 Å². The predicted molar refractivity (Wildman–Crippen MR) is 106 cm³/mol. The minimum Gasteiger partial charge on any atom is -0.323 e. The van der Waals surface area contributed by atoms with Crippen molar-refractivity contribution in [2.24, 2.45) is 0 Å². The van der Waals surface area contributed by atoms with Gasteiger partial charge in [0.15, 0.2) is 0 Å². The Morgan fingerprint density at radius 3 is 2.69 bits per heavy atom. The van der Waals surface area contributed by atoms with Crippen molar-refractivity contribution in [1.82, 2.24) is 9.97 Å². The van der Waals surface area contributed by atoms with E-state index in [0.717, 1.165) is 17.7 Å². The molecule has 7 heteroatoms. The number of benzene rings is 2. The van der Waals surface area contributed by atoms with Gasteiger partial charge in [-0.25, -0.2) is 9.97 Å². The van der Waals surface area contributed by atoms with Crippen LogP contribution in [0.5, 0.6) is 0 Å². The summed E-state index contributed by atoms with van der Waals surface area (Å²) in [6.07, 6.45) is 2.33. The van der Waals surface area contributed by atoms with E-state index in [2.05, 4.69) is 20.6 Å². The molecule has 0 radical (unpaired) electrons. The summed E-state index contributed by atoms with van der Waals surface area (Å²) < 4.78 is 0. The van der Waals surface area contributed by atoms with Gasteiger partial charge in [-0.3, -0.25) is 4.79 Å². The van der Waals surface area contributed by atoms with Gasteiger partial charge in [0.1, 0.15) is 5.69 Å². The maximum absolute atomic E-state index is 12.5. The number of rotatable bonds is 5. The number of aryl methyl sites for hydroxylation is 1. The third-order valence-electron chi connectivity index (χ3n) is 3.71. The SMILES string of the molecule is CCc1ccccc1NC(=O)c1ccnc(Nc2cc(Cl)ccc2Cl)n1. The molecule has 0 saturated heterocycles. The summed E-state index contributed by atoms with van der Waals surface area (Å²) in [7, 11) is 0. The third kappa shape index (κ3) is 4.31. The van der Waals surface area contributed by atoms with Gasteiger partial charge in [-0.1, -0.05) is 48.3 Å². The highest BCUT2D eigenvalue weighted by molar-refractivity contribution is 6.35. The molecule has 2 N–H and O–H groups in total. The normalized spacial score (nSPS) is 10.4. The first kappa shape index (κ1) is 18.2. The fraction of sp³-hybridized carbons (Fsp3) is 0.105. The number of carbonyl (C=O) groups excluding carboxylic acids is 1. The van der Waals surface area contributed by atoms with E-state index in [9.17, 15) is 4.79 Å². The van der Waals surface area contributed by atoms with Crippen molar-refractivity contribution in [3.05, 3.63) is 76.0 Å². The lowest BCUT2D eigenvalue weighted by atomic mass is 10.1. The molecule has 1 aromatic heterocycles. The number of hydrogen-bond acceptors (Lipinski definition) is 4. The van der Waals surface area contributed by atoms with Crippen LogP contribution in [0.3, 0.4) is 0 Å². The molecular formula is C19H16Cl2N4O. The second kappa shape index (κ2) is 8.17. The molecule has 0 aliphatic carbocycles. The molecule has 5 nitrogen and oxygen atoms in total. The topological polar surface area (TPSA) is 66.9 Å². The summed E-state index contributed by atoms with van der Waals surface area (Å²) in [5, 5.41) is 6.87. The second-order valence-electron chi connectivity index (χ2n) is 5.48. The zero-order valence-corrected chi connectivity index (χ0v) is 15.5. The summed E-state index contributed by atoms with van der Waals surface area (Å²) in [4.78, 5) is 20.9. The summed E-state index contributed by atoms with van der Waals surface area (Å²) in [5.41, 5.74) is 2.63. The summed E-state index contributed by atoms with van der Waals surface area (Å²) in [5.74, 6) is -0.0564. The number of carbonyl (C=O) groups is 1. The van der Waals surface area contributed by atoms with Crippen molar-refractivity contribution in [3.63, 3.8) is 0 Å². The van der Waals surface area contributed by atoms with Gasteiger partial charge in [-0.05, 0) is 42.3 Å². The number of amides is 1. The number of hydrogen-bond donors (Lipinski definition) is 2. The maximum atomic E-state index is 12.5. The Morgan fingerprint density at radius 2 is 1.88 bits per heavy atom. The molecule has 0 unspecified atom stereocenters. The summed E-state index contributed by atoms with van der Waals surface area (Å²) >= 11 is 12.1. The molecule has 3 aromatic rings. The zero-order valence-electron chi connectivity index (χ0n) is 14.0. The van der Waals surface area contributed by atoms with Crippen LogP contribution >= 0.6 is 23.2 Å². The van der Waals surface area contributed by atoms with E-state index in [0.29, 0.717) is 15.7 Å². The lowest BCUT2D eigenvalue weighted by Gasteiger charge is -2.10. The average molecular weight is 387 g/mol. The number of halogens is 2. The molecule has 26 heavy (non-hydrogen) atoms. The third-order valence-corrected chi connectivity index (χ3v) is 4.27. The van der Waals surface area contributed by atoms with Crippen LogP contribution in [0.1, 0.15) is 23.0 Å². The molecule has 2 aromatic carbocycles. The molecule has 0 bridgehead atoms. The van der Waals surface area contributed by atoms with E-state index in [4.69, 9.17) is 23.2 Å². The standard InChI is InChI=1S/C19H16Cl2N4O/c1-2-12-5-3-4-6-15(12)23-18(26)16-9-10-22-19(24-16)25-17-11-13(20)7-8-14(17)21/h3-11H,2H2,1H3,(H,23,26)(H,22,24,25). The molecule has 0 atom stereocenters. The first-order valence-electron chi connectivity index (χ1n) is 8.01. The Hall–Kier alpha value is -2.63. The lowest BCUT2D eigenvalue weighted by Crippen LogP contribution is -2.15. The summed E-state index contributed by atoms with van der Waals surface area (Å²) in [6, 6.07) is 14.2. The number of nitrogens with one attached hydrogen (secondary N) is 2. The maximum Gasteiger partial charge on any atom is 0.274 e. The molecule has 0 aliphatic rings. The summed E-state index contributed by atoms with van der Waals surface area (Å²) in [6.45, 7) is 2.03. The van der Waals surface area contributed by atoms with Gasteiger partial charge in [0, 0.05) is 16.9 Å². The fourth-order valence-corrected chi connectivity index (χ4v) is 2.73. The van der Waals surface area contributed by atoms with E-state index in [1.165, 1.54) is 6.20 Å². The fourth-order valence-electron chi connectivity index (χ4n) is 2.40. The van der Waals surface area contributed by atoms with Gasteiger partial charge < -0.3 is 10.6 Å². The first-order valence-corrected chi connectivity index (χ1v) is 8.77. The molecule has 3 rings (SSSR count). The van der Waals surface area contributed by atoms with Crippen LogP contribution in [0.15, 0.2) is 54.7 Å². The molecule has 1 amide bonds. The highest BCUT2D eigenvalue weighted by atomic mass is 35.5. The second-order valence-corrected chi connectivity index (χ2v) is 6.32. The van der Waals surface area contributed by atoms with E-state index in [-0.39, 0.29) is 17.5 Å². The van der Waals surface area contributed by atoms with Crippen molar-refractivity contribution >= 4 is 46.4 Å². The Kier molecular flexibility index (Phi) is 5.71. The zero-order chi connectivity index (χ0) is 18.5. The average Bonchev–Trinajstić information content (AvgIpc) is 2.65. The number of nitrogens with zero attached hydrogens (tertiary/aromatic N) is 2. The molecule has 0 saturated carbocycles. The lowest BCUT2D eigenvalue weighted by molar-refractivity contribution is 0.102. The molecule has 0 spiro atoms. The van der Waals surface area contributed by atoms with Crippen LogP contribution in [0, 0.1) is 0 Å². The van der Waals surface area contributed by atoms with Crippen molar-refractivity contribution in [3.8, 4) is 0 Å². The molecule has 0 fully saturated rings. The molecule has 0 aliphatic heterocycles. The Morgan fingerprint density at radius 1 is 1.08 bits per heavy atom.